The van der Waals surface area contributed by atoms with E-state index in [0.717, 1.165) is 0 Å². The summed E-state index contributed by atoms with van der Waals surface area (Å²) < 4.78 is 9.66. The Balaban J connectivity index is 2.96. The van der Waals surface area contributed by atoms with Crippen molar-refractivity contribution in [1.82, 2.24) is 0 Å². The number of nitrogen functional groups attached to an aromatic ring is 1. The van der Waals surface area contributed by atoms with Crippen LogP contribution in [-0.4, -0.2) is 25.1 Å². The number of nitrogens with zero attached hydrogens (tertiary/aromatic N) is 1. The summed E-state index contributed by atoms with van der Waals surface area (Å²) >= 11 is 0. The van der Waals surface area contributed by atoms with Crippen LogP contribution in [0, 0.1) is 10.1 Å². The van der Waals surface area contributed by atoms with Crippen molar-refractivity contribution < 1.29 is 14.4 Å². The third kappa shape index (κ3) is 2.47. The average molecular weight is 226 g/mol. The Hall–Kier alpha value is -1.66. The van der Waals surface area contributed by atoms with Crippen molar-refractivity contribution in [2.24, 2.45) is 0 Å². The Labute approximate surface area is 93.1 Å². The predicted octanol–water partition coefficient (Wildman–Crippen LogP) is 1.03. The van der Waals surface area contributed by atoms with E-state index in [4.69, 9.17) is 15.2 Å². The first-order valence-electron chi connectivity index (χ1n) is 4.63. The molecule has 0 aliphatic heterocycles. The lowest BCUT2D eigenvalue weighted by Gasteiger charge is -2.21. The molecule has 0 aromatic heterocycles. The SMILES string of the molecule is COC(Cc1cccc(N)c1)(OC)[N+](=O)[O-]. The van der Waals surface area contributed by atoms with Gasteiger partial charge in [-0.3, -0.25) is 19.6 Å². The average Bonchev–Trinajstić information content (AvgIpc) is 2.25. The number of rotatable bonds is 5. The van der Waals surface area contributed by atoms with Crippen LogP contribution in [0.15, 0.2) is 24.3 Å². The molecule has 0 amide bonds. The molecule has 0 spiro atoms. The van der Waals surface area contributed by atoms with Gasteiger partial charge in [-0.15, -0.1) is 0 Å². The fraction of sp³-hybridized carbons (Fsp3) is 0.400. The summed E-state index contributed by atoms with van der Waals surface area (Å²) in [5, 5.41) is 10.9. The van der Waals surface area contributed by atoms with Gasteiger partial charge in [0, 0.05) is 19.9 Å². The second-order valence-corrected chi connectivity index (χ2v) is 3.30. The van der Waals surface area contributed by atoms with Crippen molar-refractivity contribution in [3.05, 3.63) is 39.9 Å². The Bertz CT molecular complexity index is 377. The number of hydrogen-bond acceptors (Lipinski definition) is 5. The molecule has 2 N–H and O–H groups in total. The fourth-order valence-corrected chi connectivity index (χ4v) is 1.40. The summed E-state index contributed by atoms with van der Waals surface area (Å²) in [6, 6.07) is 6.81. The van der Waals surface area contributed by atoms with Crippen molar-refractivity contribution in [3.63, 3.8) is 0 Å². The lowest BCUT2D eigenvalue weighted by atomic mass is 10.1. The van der Waals surface area contributed by atoms with Crippen molar-refractivity contribution in [2.75, 3.05) is 20.0 Å². The topological polar surface area (TPSA) is 87.6 Å². The Kier molecular flexibility index (Phi) is 3.81. The van der Waals surface area contributed by atoms with Gasteiger partial charge in [-0.25, -0.2) is 0 Å². The summed E-state index contributed by atoms with van der Waals surface area (Å²) in [6.07, 6.45) is -0.00194. The lowest BCUT2D eigenvalue weighted by molar-refractivity contribution is -0.687. The number of methoxy groups -OCH3 is 2. The molecule has 0 bridgehead atoms. The summed E-state index contributed by atoms with van der Waals surface area (Å²) in [6.45, 7) is 0. The van der Waals surface area contributed by atoms with Crippen LogP contribution in [0.5, 0.6) is 0 Å². The number of benzene rings is 1. The van der Waals surface area contributed by atoms with Gasteiger partial charge in [0.2, 0.25) is 0 Å². The molecule has 0 unspecified atom stereocenters. The molecular formula is C10H14N2O4. The molecule has 0 atom stereocenters. The predicted molar refractivity (Wildman–Crippen MR) is 58.3 cm³/mol. The van der Waals surface area contributed by atoms with Crippen LogP contribution in [0.25, 0.3) is 0 Å². The summed E-state index contributed by atoms with van der Waals surface area (Å²) in [5.41, 5.74) is 6.81. The van der Waals surface area contributed by atoms with Gasteiger partial charge < -0.3 is 5.73 Å². The van der Waals surface area contributed by atoms with Crippen molar-refractivity contribution in [2.45, 2.75) is 12.3 Å². The van der Waals surface area contributed by atoms with E-state index in [2.05, 4.69) is 0 Å². The fourth-order valence-electron chi connectivity index (χ4n) is 1.40. The van der Waals surface area contributed by atoms with Crippen molar-refractivity contribution in [1.29, 1.82) is 0 Å². The van der Waals surface area contributed by atoms with E-state index >= 15 is 0 Å². The van der Waals surface area contributed by atoms with Gasteiger partial charge >= 0.3 is 5.91 Å². The second kappa shape index (κ2) is 4.91. The maximum absolute atomic E-state index is 10.9. The van der Waals surface area contributed by atoms with Gasteiger partial charge in [0.15, 0.2) is 0 Å². The second-order valence-electron chi connectivity index (χ2n) is 3.30. The van der Waals surface area contributed by atoms with E-state index in [-0.39, 0.29) is 6.42 Å². The summed E-state index contributed by atoms with van der Waals surface area (Å²) in [7, 11) is 2.47. The summed E-state index contributed by atoms with van der Waals surface area (Å²) in [4.78, 5) is 10.3. The number of anilines is 1. The molecular weight excluding hydrogens is 212 g/mol. The number of nitrogens with two attached hydrogens (primary N) is 1. The molecule has 0 aliphatic rings. The molecule has 1 aromatic rings. The van der Waals surface area contributed by atoms with E-state index in [1.807, 2.05) is 0 Å². The van der Waals surface area contributed by atoms with E-state index < -0.39 is 10.8 Å². The van der Waals surface area contributed by atoms with Gasteiger partial charge in [-0.1, -0.05) is 12.1 Å². The maximum Gasteiger partial charge on any atom is 0.445 e. The van der Waals surface area contributed by atoms with Crippen LogP contribution in [-0.2, 0) is 15.9 Å². The highest BCUT2D eigenvalue weighted by Gasteiger charge is 2.44. The molecule has 1 rings (SSSR count). The minimum atomic E-state index is -1.85. The van der Waals surface area contributed by atoms with Crippen LogP contribution >= 0.6 is 0 Å². The Morgan fingerprint density at radius 2 is 2.06 bits per heavy atom. The first-order chi connectivity index (χ1) is 7.54. The minimum Gasteiger partial charge on any atom is -0.399 e. The standard InChI is InChI=1S/C10H14N2O4/c1-15-10(16-2,12(13)14)7-8-4-3-5-9(11)6-8/h3-6H,7,11H2,1-2H3. The van der Waals surface area contributed by atoms with E-state index in [0.29, 0.717) is 11.3 Å². The zero-order chi connectivity index (χ0) is 12.2. The number of nitro groups is 1. The zero-order valence-electron chi connectivity index (χ0n) is 9.17. The van der Waals surface area contributed by atoms with Gasteiger partial charge in [0.25, 0.3) is 0 Å². The van der Waals surface area contributed by atoms with E-state index in [9.17, 15) is 10.1 Å². The van der Waals surface area contributed by atoms with Gasteiger partial charge in [0.05, 0.1) is 4.92 Å². The minimum absolute atomic E-state index is 0.00194. The zero-order valence-corrected chi connectivity index (χ0v) is 9.17. The third-order valence-electron chi connectivity index (χ3n) is 2.29. The maximum atomic E-state index is 10.9. The molecule has 0 radical (unpaired) electrons. The lowest BCUT2D eigenvalue weighted by Crippen LogP contribution is -2.44. The molecule has 1 aromatic carbocycles. The van der Waals surface area contributed by atoms with Crippen LogP contribution in [0.2, 0.25) is 0 Å². The molecule has 0 heterocycles. The van der Waals surface area contributed by atoms with Crippen molar-refractivity contribution >= 4 is 5.69 Å². The van der Waals surface area contributed by atoms with Crippen LogP contribution in [0.3, 0.4) is 0 Å². The molecule has 16 heavy (non-hydrogen) atoms. The summed E-state index contributed by atoms with van der Waals surface area (Å²) in [5.74, 6) is -1.85. The molecule has 0 aliphatic carbocycles. The first-order valence-corrected chi connectivity index (χ1v) is 4.63. The molecule has 6 nitrogen and oxygen atoms in total. The molecule has 6 heteroatoms. The Morgan fingerprint density at radius 3 is 2.50 bits per heavy atom. The smallest absolute Gasteiger partial charge is 0.399 e. The van der Waals surface area contributed by atoms with Crippen molar-refractivity contribution in [3.8, 4) is 0 Å². The highest BCUT2D eigenvalue weighted by molar-refractivity contribution is 5.40. The van der Waals surface area contributed by atoms with Gasteiger partial charge in [-0.2, -0.15) is 0 Å². The van der Waals surface area contributed by atoms with E-state index in [1.165, 1.54) is 14.2 Å². The first kappa shape index (κ1) is 12.4. The monoisotopic (exact) mass is 226 g/mol. The van der Waals surface area contributed by atoms with Crippen LogP contribution in [0.1, 0.15) is 5.56 Å². The number of ether oxygens (including phenoxy) is 2. The quantitative estimate of drug-likeness (QED) is 0.350. The Morgan fingerprint density at radius 1 is 1.44 bits per heavy atom. The van der Waals surface area contributed by atoms with Gasteiger partial charge in [0.1, 0.15) is 6.42 Å². The number of hydrogen-bond donors (Lipinski definition) is 1. The molecule has 0 fully saturated rings. The molecule has 88 valence electrons. The van der Waals surface area contributed by atoms with Gasteiger partial charge in [-0.05, 0) is 17.7 Å². The van der Waals surface area contributed by atoms with E-state index in [1.54, 1.807) is 24.3 Å². The third-order valence-corrected chi connectivity index (χ3v) is 2.29. The van der Waals surface area contributed by atoms with Crippen LogP contribution in [0.4, 0.5) is 5.69 Å². The highest BCUT2D eigenvalue weighted by Crippen LogP contribution is 2.20. The highest BCUT2D eigenvalue weighted by atomic mass is 16.8. The largest absolute Gasteiger partial charge is 0.445 e. The van der Waals surface area contributed by atoms with Crippen LogP contribution < -0.4 is 5.73 Å². The normalized spacial score (nSPS) is 11.4. The molecule has 0 saturated heterocycles. The molecule has 0 saturated carbocycles.